The molecule has 4 atom stereocenters. The topological polar surface area (TPSA) is 142 Å². The Kier molecular flexibility index (Phi) is 4.74. The molecule has 3 aromatic carbocycles. The Labute approximate surface area is 216 Å². The number of nitrogens with one attached hydrogen (secondary N) is 1. The highest BCUT2D eigenvalue weighted by Gasteiger charge is 2.74. The summed E-state index contributed by atoms with van der Waals surface area (Å²) >= 11 is 0. The van der Waals surface area contributed by atoms with Gasteiger partial charge in [-0.25, -0.2) is 0 Å². The molecule has 4 aliphatic heterocycles. The molecule has 10 nitrogen and oxygen atoms in total. The highest BCUT2D eigenvalue weighted by atomic mass is 16.7. The van der Waals surface area contributed by atoms with Crippen molar-refractivity contribution in [2.24, 2.45) is 11.8 Å². The second-order valence-electron chi connectivity index (χ2n) is 10.2. The van der Waals surface area contributed by atoms with E-state index in [1.54, 1.807) is 30.3 Å². The number of para-hydroxylation sites is 1. The summed E-state index contributed by atoms with van der Waals surface area (Å²) in [6, 6.07) is 16.6. The Hall–Kier alpha value is -4.57. The van der Waals surface area contributed by atoms with Gasteiger partial charge in [0.2, 0.25) is 24.1 Å². The molecule has 3 amide bonds. The van der Waals surface area contributed by atoms with Crippen LogP contribution in [0.3, 0.4) is 0 Å². The van der Waals surface area contributed by atoms with Crippen molar-refractivity contribution < 1.29 is 39.4 Å². The van der Waals surface area contributed by atoms with Crippen LogP contribution < -0.4 is 20.1 Å². The van der Waals surface area contributed by atoms with Crippen molar-refractivity contribution in [2.75, 3.05) is 12.1 Å². The predicted octanol–water partition coefficient (Wildman–Crippen LogP) is 0.964. The molecule has 0 radical (unpaired) electrons. The third-order valence-corrected chi connectivity index (χ3v) is 8.16. The number of amides is 3. The minimum absolute atomic E-state index is 0.0490. The Balaban J connectivity index is 1.29. The number of hydrogen-bond acceptors (Lipinski definition) is 7. The normalized spacial score (nSPS) is 26.7. The maximum atomic E-state index is 14.0. The van der Waals surface area contributed by atoms with Gasteiger partial charge in [-0.05, 0) is 41.5 Å². The van der Waals surface area contributed by atoms with Gasteiger partial charge in [-0.1, -0.05) is 30.3 Å². The molecule has 0 aliphatic carbocycles. The monoisotopic (exact) mass is 514 g/mol. The van der Waals surface area contributed by atoms with Crippen molar-refractivity contribution in [3.63, 3.8) is 0 Å². The summed E-state index contributed by atoms with van der Waals surface area (Å²) in [5.41, 5.74) is 1.41. The minimum atomic E-state index is -1.29. The van der Waals surface area contributed by atoms with E-state index in [2.05, 4.69) is 5.32 Å². The van der Waals surface area contributed by atoms with Crippen LogP contribution in [-0.2, 0) is 32.9 Å². The average Bonchev–Trinajstić information content (AvgIpc) is 3.63. The zero-order valence-corrected chi connectivity index (χ0v) is 20.1. The van der Waals surface area contributed by atoms with E-state index in [1.165, 1.54) is 17.0 Å². The fourth-order valence-electron chi connectivity index (χ4n) is 6.51. The summed E-state index contributed by atoms with van der Waals surface area (Å²) in [5, 5.41) is 24.5. The second kappa shape index (κ2) is 7.96. The van der Waals surface area contributed by atoms with Gasteiger partial charge in [0.05, 0.1) is 12.2 Å². The molecule has 2 fully saturated rings. The van der Waals surface area contributed by atoms with Crippen molar-refractivity contribution in [1.29, 1.82) is 0 Å². The van der Waals surface area contributed by atoms with Gasteiger partial charge in [0, 0.05) is 12.0 Å². The van der Waals surface area contributed by atoms with Crippen molar-refractivity contribution in [1.82, 2.24) is 4.90 Å². The molecule has 3 aromatic rings. The lowest BCUT2D eigenvalue weighted by molar-refractivity contribution is -0.733. The SMILES string of the molecule is O=C1[C@@H]2[C@H](Cc3ccc(O)c(O)c3)[NH2+][C@]3(C(=O)Nc4ccccc43)[C@@H]2C(=O)N1Cc1ccc2c(c1)OCO2. The van der Waals surface area contributed by atoms with Crippen LogP contribution in [0.25, 0.3) is 0 Å². The molecular weight excluding hydrogens is 490 g/mol. The lowest BCUT2D eigenvalue weighted by Gasteiger charge is -2.26. The Morgan fingerprint density at radius 1 is 0.921 bits per heavy atom. The number of hydrogen-bond donors (Lipinski definition) is 4. The smallest absolute Gasteiger partial charge is 0.291 e. The third kappa shape index (κ3) is 3.07. The number of nitrogens with two attached hydrogens (primary N) is 1. The van der Waals surface area contributed by atoms with Gasteiger partial charge in [-0.3, -0.25) is 19.3 Å². The molecule has 4 aliphatic rings. The van der Waals surface area contributed by atoms with E-state index in [9.17, 15) is 24.6 Å². The molecule has 4 heterocycles. The quantitative estimate of drug-likeness (QED) is 0.300. The molecule has 0 aromatic heterocycles. The first kappa shape index (κ1) is 22.6. The van der Waals surface area contributed by atoms with E-state index in [0.29, 0.717) is 40.3 Å². The lowest BCUT2D eigenvalue weighted by atomic mass is 9.76. The first-order chi connectivity index (χ1) is 18.4. The Morgan fingerprint density at radius 3 is 2.55 bits per heavy atom. The summed E-state index contributed by atoms with van der Waals surface area (Å²) in [6.45, 7) is 0.166. The summed E-state index contributed by atoms with van der Waals surface area (Å²) in [6.07, 6.45) is 0.309. The predicted molar refractivity (Wildman–Crippen MR) is 131 cm³/mol. The van der Waals surface area contributed by atoms with E-state index in [1.807, 2.05) is 23.5 Å². The summed E-state index contributed by atoms with van der Waals surface area (Å²) in [5.74, 6) is -2.06. The second-order valence-corrected chi connectivity index (χ2v) is 10.2. The summed E-state index contributed by atoms with van der Waals surface area (Å²) in [7, 11) is 0. The van der Waals surface area contributed by atoms with Gasteiger partial charge in [0.1, 0.15) is 17.9 Å². The molecule has 0 unspecified atom stereocenters. The number of ether oxygens (including phenoxy) is 2. The number of nitrogens with zero attached hydrogens (tertiary/aromatic N) is 1. The summed E-state index contributed by atoms with van der Waals surface area (Å²) < 4.78 is 10.8. The number of carbonyl (C=O) groups is 3. The highest BCUT2D eigenvalue weighted by molar-refractivity contribution is 6.13. The number of phenols is 2. The number of rotatable bonds is 4. The van der Waals surface area contributed by atoms with Crippen LogP contribution in [0.15, 0.2) is 60.7 Å². The van der Waals surface area contributed by atoms with E-state index >= 15 is 0 Å². The van der Waals surface area contributed by atoms with Gasteiger partial charge in [-0.15, -0.1) is 0 Å². The Bertz CT molecular complexity index is 1540. The van der Waals surface area contributed by atoms with Crippen LogP contribution >= 0.6 is 0 Å². The minimum Gasteiger partial charge on any atom is -0.504 e. The maximum absolute atomic E-state index is 14.0. The van der Waals surface area contributed by atoms with E-state index in [0.717, 1.165) is 0 Å². The zero-order chi connectivity index (χ0) is 26.2. The average molecular weight is 515 g/mol. The number of likely N-dealkylation sites (tertiary alicyclic amines) is 1. The number of anilines is 1. The van der Waals surface area contributed by atoms with Gasteiger partial charge in [-0.2, -0.15) is 0 Å². The molecule has 10 heteroatoms. The number of fused-ring (bicyclic) bond motifs is 5. The molecule has 38 heavy (non-hydrogen) atoms. The molecular formula is C28H24N3O7+. The molecule has 0 bridgehead atoms. The standard InChI is InChI=1S/C28H23N3O7/c32-19-7-5-14(10-20(19)33)9-18-23-24(28(30-18)16-3-1-2-4-17(16)29-27(28)36)26(35)31(25(23)34)12-15-6-8-21-22(11-15)38-13-37-21/h1-8,10-11,18,23-24,30,32-33H,9,12-13H2,(H,29,36)/p+1/t18-,23+,24-,28-/m0/s1. The molecule has 7 rings (SSSR count). The van der Waals surface area contributed by atoms with Crippen molar-refractivity contribution in [3.05, 3.63) is 77.4 Å². The van der Waals surface area contributed by atoms with Crippen LogP contribution in [0.1, 0.15) is 16.7 Å². The number of quaternary nitrogens is 1. The molecule has 0 saturated carbocycles. The number of aromatic hydroxyl groups is 2. The van der Waals surface area contributed by atoms with Crippen LogP contribution in [0, 0.1) is 11.8 Å². The first-order valence-electron chi connectivity index (χ1n) is 12.4. The molecule has 2 saturated heterocycles. The third-order valence-electron chi connectivity index (χ3n) is 8.16. The molecule has 5 N–H and O–H groups in total. The number of phenolic OH excluding ortho intramolecular Hbond substituents is 2. The van der Waals surface area contributed by atoms with E-state index < -0.39 is 29.3 Å². The summed E-state index contributed by atoms with van der Waals surface area (Å²) in [4.78, 5) is 42.8. The van der Waals surface area contributed by atoms with Crippen molar-refractivity contribution in [2.45, 2.75) is 24.5 Å². The van der Waals surface area contributed by atoms with Gasteiger partial charge < -0.3 is 30.3 Å². The fraction of sp³-hybridized carbons (Fsp3) is 0.250. The Morgan fingerprint density at radius 2 is 1.71 bits per heavy atom. The number of benzene rings is 3. The number of imide groups is 1. The van der Waals surface area contributed by atoms with Gasteiger partial charge in [0.15, 0.2) is 23.0 Å². The van der Waals surface area contributed by atoms with E-state index in [-0.39, 0.29) is 36.7 Å². The van der Waals surface area contributed by atoms with Gasteiger partial charge >= 0.3 is 0 Å². The van der Waals surface area contributed by atoms with Crippen LogP contribution in [0.5, 0.6) is 23.0 Å². The van der Waals surface area contributed by atoms with Crippen LogP contribution in [0.4, 0.5) is 5.69 Å². The van der Waals surface area contributed by atoms with Crippen molar-refractivity contribution >= 4 is 23.4 Å². The first-order valence-corrected chi connectivity index (χ1v) is 12.4. The van der Waals surface area contributed by atoms with E-state index in [4.69, 9.17) is 9.47 Å². The molecule has 192 valence electrons. The lowest BCUT2D eigenvalue weighted by Crippen LogP contribution is -2.99. The van der Waals surface area contributed by atoms with Crippen molar-refractivity contribution in [3.8, 4) is 23.0 Å². The van der Waals surface area contributed by atoms with Gasteiger partial charge in [0.25, 0.3) is 5.91 Å². The number of carbonyl (C=O) groups excluding carboxylic acids is 3. The zero-order valence-electron chi connectivity index (χ0n) is 20.1. The highest BCUT2D eigenvalue weighted by Crippen LogP contribution is 2.49. The molecule has 1 spiro atoms. The van der Waals surface area contributed by atoms with Crippen LogP contribution in [0.2, 0.25) is 0 Å². The maximum Gasteiger partial charge on any atom is 0.291 e. The van der Waals surface area contributed by atoms with Crippen LogP contribution in [-0.4, -0.2) is 45.7 Å². The fourth-order valence-corrected chi connectivity index (χ4v) is 6.51. The largest absolute Gasteiger partial charge is 0.504 e.